The molecular weight excluding hydrogens is 438 g/mol. The summed E-state index contributed by atoms with van der Waals surface area (Å²) in [6.07, 6.45) is 4.22. The maximum absolute atomic E-state index is 10.8. The summed E-state index contributed by atoms with van der Waals surface area (Å²) >= 11 is 7.82. The number of halogens is 1. The van der Waals surface area contributed by atoms with E-state index < -0.39 is 5.97 Å². The van der Waals surface area contributed by atoms with Gasteiger partial charge in [-0.25, -0.2) is 4.79 Å². The van der Waals surface area contributed by atoms with Crippen molar-refractivity contribution >= 4 is 40.4 Å². The van der Waals surface area contributed by atoms with Crippen molar-refractivity contribution in [2.75, 3.05) is 18.6 Å². The monoisotopic (exact) mass is 461 g/mol. The molecule has 0 saturated carbocycles. The highest BCUT2D eigenvalue weighted by atomic mass is 35.5. The van der Waals surface area contributed by atoms with Crippen LogP contribution in [0.25, 0.3) is 16.7 Å². The van der Waals surface area contributed by atoms with Gasteiger partial charge in [0.15, 0.2) is 11.5 Å². The van der Waals surface area contributed by atoms with Crippen LogP contribution in [-0.2, 0) is 11.2 Å². The number of allylic oxidation sites excluding steroid dienone is 1. The SMILES string of the molecule is COc1cc(CCCSCC/C=C(\C)C(=O)O)cc(-n2nc3ccc(Cl)cc3n2)c1O. The number of carboxylic acid groups (broad SMARTS) is 1. The van der Waals surface area contributed by atoms with Crippen LogP contribution in [0.1, 0.15) is 25.3 Å². The van der Waals surface area contributed by atoms with Crippen molar-refractivity contribution in [1.29, 1.82) is 0 Å². The van der Waals surface area contributed by atoms with Crippen molar-refractivity contribution in [2.24, 2.45) is 0 Å². The summed E-state index contributed by atoms with van der Waals surface area (Å²) in [5.74, 6) is 1.30. The van der Waals surface area contributed by atoms with Crippen LogP contribution in [0.3, 0.4) is 0 Å². The number of methoxy groups -OCH3 is 1. The van der Waals surface area contributed by atoms with Gasteiger partial charge in [-0.3, -0.25) is 0 Å². The number of rotatable bonds is 10. The van der Waals surface area contributed by atoms with Crippen LogP contribution in [0, 0.1) is 0 Å². The fourth-order valence-electron chi connectivity index (χ4n) is 3.02. The van der Waals surface area contributed by atoms with Crippen LogP contribution in [0.4, 0.5) is 0 Å². The van der Waals surface area contributed by atoms with Crippen molar-refractivity contribution < 1.29 is 19.7 Å². The molecule has 1 heterocycles. The third kappa shape index (κ3) is 5.92. The predicted molar refractivity (Wildman–Crippen MR) is 124 cm³/mol. The van der Waals surface area contributed by atoms with E-state index in [2.05, 4.69) is 10.2 Å². The first-order chi connectivity index (χ1) is 14.9. The highest BCUT2D eigenvalue weighted by Gasteiger charge is 2.15. The molecule has 2 aromatic carbocycles. The van der Waals surface area contributed by atoms with Gasteiger partial charge in [-0.15, -0.1) is 15.0 Å². The van der Waals surface area contributed by atoms with Gasteiger partial charge in [0.25, 0.3) is 0 Å². The first-order valence-electron chi connectivity index (χ1n) is 9.79. The topological polar surface area (TPSA) is 97.5 Å². The Morgan fingerprint density at radius 3 is 2.74 bits per heavy atom. The third-order valence-electron chi connectivity index (χ3n) is 4.70. The Morgan fingerprint density at radius 2 is 2.00 bits per heavy atom. The molecule has 0 unspecified atom stereocenters. The number of fused-ring (bicyclic) bond motifs is 1. The molecule has 7 nitrogen and oxygen atoms in total. The van der Waals surface area contributed by atoms with E-state index in [1.807, 2.05) is 12.1 Å². The number of nitrogens with zero attached hydrogens (tertiary/aromatic N) is 3. The Morgan fingerprint density at radius 1 is 1.23 bits per heavy atom. The lowest BCUT2D eigenvalue weighted by atomic mass is 10.1. The van der Waals surface area contributed by atoms with Gasteiger partial charge >= 0.3 is 5.97 Å². The lowest BCUT2D eigenvalue weighted by Crippen LogP contribution is -2.02. The van der Waals surface area contributed by atoms with Crippen molar-refractivity contribution in [1.82, 2.24) is 15.0 Å². The molecular formula is C22H24ClN3O4S. The Kier molecular flexibility index (Phi) is 7.81. The second-order valence-electron chi connectivity index (χ2n) is 6.99. The fraction of sp³-hybridized carbons (Fsp3) is 0.318. The van der Waals surface area contributed by atoms with E-state index in [1.54, 1.807) is 43.0 Å². The Labute approximate surface area is 189 Å². The van der Waals surface area contributed by atoms with Crippen molar-refractivity contribution in [3.05, 3.63) is 52.6 Å². The highest BCUT2D eigenvalue weighted by molar-refractivity contribution is 7.99. The predicted octanol–water partition coefficient (Wildman–Crippen LogP) is 4.87. The van der Waals surface area contributed by atoms with E-state index in [0.29, 0.717) is 33.1 Å². The lowest BCUT2D eigenvalue weighted by Gasteiger charge is -2.11. The smallest absolute Gasteiger partial charge is 0.330 e. The Hall–Kier alpha value is -2.71. The van der Waals surface area contributed by atoms with E-state index in [0.717, 1.165) is 36.3 Å². The van der Waals surface area contributed by atoms with Gasteiger partial charge in [0.05, 0.1) is 7.11 Å². The van der Waals surface area contributed by atoms with Crippen molar-refractivity contribution in [3.8, 4) is 17.2 Å². The van der Waals surface area contributed by atoms with E-state index in [-0.39, 0.29) is 5.75 Å². The number of thioether (sulfide) groups is 1. The average Bonchev–Trinajstić information content (AvgIpc) is 3.16. The largest absolute Gasteiger partial charge is 0.503 e. The molecule has 0 aliphatic rings. The van der Waals surface area contributed by atoms with E-state index in [9.17, 15) is 9.90 Å². The number of aromatic nitrogens is 3. The van der Waals surface area contributed by atoms with Gasteiger partial charge in [-0.2, -0.15) is 11.8 Å². The standard InChI is InChI=1S/C22H24ClN3O4S/c1-14(22(28)29)5-3-9-31-10-4-6-15-11-19(21(27)20(12-15)30-2)26-24-17-8-7-16(23)13-18(17)25-26/h5,7-8,11-13,27H,3-4,6,9-10H2,1-2H3,(H,28,29)/b14-5+. The molecule has 0 fully saturated rings. The minimum absolute atomic E-state index is 0.0207. The first kappa shape index (κ1) is 23.0. The fourth-order valence-corrected chi connectivity index (χ4v) is 4.03. The quantitative estimate of drug-likeness (QED) is 0.328. The summed E-state index contributed by atoms with van der Waals surface area (Å²) in [7, 11) is 1.51. The maximum Gasteiger partial charge on any atom is 0.330 e. The molecule has 3 rings (SSSR count). The number of aryl methyl sites for hydroxylation is 1. The van der Waals surface area contributed by atoms with E-state index in [1.165, 1.54) is 11.9 Å². The molecule has 3 aromatic rings. The van der Waals surface area contributed by atoms with Gasteiger partial charge in [0.2, 0.25) is 0 Å². The van der Waals surface area contributed by atoms with Crippen molar-refractivity contribution in [3.63, 3.8) is 0 Å². The minimum Gasteiger partial charge on any atom is -0.503 e. The second-order valence-corrected chi connectivity index (χ2v) is 8.65. The zero-order valence-corrected chi connectivity index (χ0v) is 18.9. The zero-order chi connectivity index (χ0) is 22.4. The molecule has 9 heteroatoms. The van der Waals surface area contributed by atoms with Crippen LogP contribution in [0.5, 0.6) is 11.5 Å². The molecule has 2 N–H and O–H groups in total. The molecule has 0 saturated heterocycles. The van der Waals surface area contributed by atoms with Crippen LogP contribution < -0.4 is 4.74 Å². The third-order valence-corrected chi connectivity index (χ3v) is 6.03. The van der Waals surface area contributed by atoms with E-state index >= 15 is 0 Å². The zero-order valence-electron chi connectivity index (χ0n) is 17.3. The number of phenolic OH excluding ortho intramolecular Hbond substituents is 1. The number of carbonyl (C=O) groups is 1. The van der Waals surface area contributed by atoms with Crippen LogP contribution in [-0.4, -0.2) is 49.8 Å². The number of aromatic hydroxyl groups is 1. The molecule has 0 atom stereocenters. The molecule has 31 heavy (non-hydrogen) atoms. The number of ether oxygens (including phenoxy) is 1. The Balaban J connectivity index is 1.66. The van der Waals surface area contributed by atoms with Crippen molar-refractivity contribution in [2.45, 2.75) is 26.2 Å². The average molecular weight is 462 g/mol. The molecule has 0 bridgehead atoms. The molecule has 0 spiro atoms. The summed E-state index contributed by atoms with van der Waals surface area (Å²) in [4.78, 5) is 12.2. The van der Waals surface area contributed by atoms with Gasteiger partial charge in [0, 0.05) is 10.6 Å². The second kappa shape index (κ2) is 10.5. The maximum atomic E-state index is 10.8. The van der Waals surface area contributed by atoms with Gasteiger partial charge in [-0.05, 0) is 73.6 Å². The van der Waals surface area contributed by atoms with Gasteiger partial charge in [0.1, 0.15) is 16.7 Å². The number of carboxylic acids is 1. The van der Waals surface area contributed by atoms with Crippen LogP contribution in [0.2, 0.25) is 5.02 Å². The Bertz CT molecular complexity index is 1110. The van der Waals surface area contributed by atoms with Crippen LogP contribution >= 0.6 is 23.4 Å². The molecule has 164 valence electrons. The van der Waals surface area contributed by atoms with Gasteiger partial charge < -0.3 is 14.9 Å². The number of benzene rings is 2. The van der Waals surface area contributed by atoms with Crippen LogP contribution in [0.15, 0.2) is 42.0 Å². The lowest BCUT2D eigenvalue weighted by molar-refractivity contribution is -0.132. The molecule has 0 aliphatic carbocycles. The van der Waals surface area contributed by atoms with Gasteiger partial charge in [-0.1, -0.05) is 17.7 Å². The molecule has 1 aromatic heterocycles. The van der Waals surface area contributed by atoms with E-state index in [4.69, 9.17) is 21.4 Å². The first-order valence-corrected chi connectivity index (χ1v) is 11.3. The summed E-state index contributed by atoms with van der Waals surface area (Å²) in [6, 6.07) is 8.94. The number of aliphatic carboxylic acids is 1. The molecule has 0 aliphatic heterocycles. The molecule has 0 amide bonds. The number of hydrogen-bond acceptors (Lipinski definition) is 6. The summed E-state index contributed by atoms with van der Waals surface area (Å²) in [5.41, 5.74) is 3.15. The highest BCUT2D eigenvalue weighted by Crippen LogP contribution is 2.34. The summed E-state index contributed by atoms with van der Waals surface area (Å²) < 4.78 is 5.34. The normalized spacial score (nSPS) is 11.8. The number of phenols is 1. The number of hydrogen-bond donors (Lipinski definition) is 2. The summed E-state index contributed by atoms with van der Waals surface area (Å²) in [5, 5.41) is 28.9. The minimum atomic E-state index is -0.871. The molecule has 0 radical (unpaired) electrons. The summed E-state index contributed by atoms with van der Waals surface area (Å²) in [6.45, 7) is 1.61.